The number of pyridine rings is 1. The second kappa shape index (κ2) is 6.81. The first-order valence-electron chi connectivity index (χ1n) is 6.73. The molecular formula is C16H19BrN2OS. The van der Waals surface area contributed by atoms with Crippen molar-refractivity contribution in [2.45, 2.75) is 30.9 Å². The topological polar surface area (TPSA) is 56.0 Å². The minimum Gasteiger partial charge on any atom is -0.259 e. The zero-order valence-electron chi connectivity index (χ0n) is 12.1. The lowest BCUT2D eigenvalue weighted by Crippen LogP contribution is -2.34. The molecule has 21 heavy (non-hydrogen) atoms. The molecule has 0 saturated carbocycles. The molecule has 1 unspecified atom stereocenters. The van der Waals surface area contributed by atoms with Crippen LogP contribution >= 0.6 is 15.9 Å². The number of hydrogen-bond acceptors (Lipinski definition) is 2. The molecule has 1 aromatic heterocycles. The van der Waals surface area contributed by atoms with Crippen molar-refractivity contribution in [2.24, 2.45) is 5.14 Å². The third kappa shape index (κ3) is 4.22. The molecule has 0 aliphatic heterocycles. The molecule has 0 aliphatic rings. The Kier molecular flexibility index (Phi) is 5.30. The summed E-state index contributed by atoms with van der Waals surface area (Å²) in [5.41, 5.74) is 2.12. The minimum absolute atomic E-state index is 0.0711. The average Bonchev–Trinajstić information content (AvgIpc) is 2.47. The Hall–Kier alpha value is -1.04. The van der Waals surface area contributed by atoms with Crippen molar-refractivity contribution in [2.75, 3.05) is 0 Å². The monoisotopic (exact) mass is 366 g/mol. The van der Waals surface area contributed by atoms with Crippen molar-refractivity contribution in [3.8, 4) is 0 Å². The largest absolute Gasteiger partial charge is 0.259 e. The Labute approximate surface area is 136 Å². The fraction of sp³-hybridized carbons (Fsp3) is 0.312. The minimum atomic E-state index is -1.39. The summed E-state index contributed by atoms with van der Waals surface area (Å²) in [6.07, 6.45) is 2.46. The first-order valence-corrected chi connectivity index (χ1v) is 8.73. The van der Waals surface area contributed by atoms with Gasteiger partial charge >= 0.3 is 0 Å². The smallest absolute Gasteiger partial charge is 0.0945 e. The van der Waals surface area contributed by atoms with E-state index in [0.29, 0.717) is 6.42 Å². The number of halogens is 1. The van der Waals surface area contributed by atoms with Crippen molar-refractivity contribution in [1.82, 2.24) is 4.98 Å². The van der Waals surface area contributed by atoms with Crippen LogP contribution < -0.4 is 5.14 Å². The van der Waals surface area contributed by atoms with Gasteiger partial charge in [-0.15, -0.1) is 0 Å². The molecule has 2 aromatic rings. The number of nitrogens with two attached hydrogens (primary N) is 1. The number of nitrogens with zero attached hydrogens (tertiary/aromatic N) is 1. The number of hydrogen-bond donors (Lipinski definition) is 1. The van der Waals surface area contributed by atoms with Crippen LogP contribution in [0.15, 0.2) is 53.1 Å². The molecule has 0 spiro atoms. The molecule has 0 fully saturated rings. The zero-order chi connectivity index (χ0) is 15.5. The Morgan fingerprint density at radius 2 is 1.90 bits per heavy atom. The molecule has 0 amide bonds. The SMILES string of the molecule is CC(C)(C[C@@H](c1ccccc1)c1ccc(Br)cn1)S(N)=O. The van der Waals surface area contributed by atoms with Crippen LogP contribution in [0.3, 0.4) is 0 Å². The van der Waals surface area contributed by atoms with Gasteiger partial charge in [0.05, 0.1) is 15.7 Å². The van der Waals surface area contributed by atoms with E-state index in [1.165, 1.54) is 0 Å². The number of rotatable bonds is 5. The lowest BCUT2D eigenvalue weighted by atomic mass is 9.87. The summed E-state index contributed by atoms with van der Waals surface area (Å²) >= 11 is 3.40. The van der Waals surface area contributed by atoms with Crippen molar-refractivity contribution in [3.63, 3.8) is 0 Å². The zero-order valence-corrected chi connectivity index (χ0v) is 14.5. The van der Waals surface area contributed by atoms with Crippen molar-refractivity contribution in [1.29, 1.82) is 0 Å². The van der Waals surface area contributed by atoms with E-state index in [9.17, 15) is 4.21 Å². The van der Waals surface area contributed by atoms with Crippen LogP contribution in [0.5, 0.6) is 0 Å². The lowest BCUT2D eigenvalue weighted by Gasteiger charge is -2.27. The van der Waals surface area contributed by atoms with E-state index in [2.05, 4.69) is 33.0 Å². The highest BCUT2D eigenvalue weighted by Gasteiger charge is 2.30. The molecule has 112 valence electrons. The summed E-state index contributed by atoms with van der Waals surface area (Å²) in [4.78, 5) is 4.51. The fourth-order valence-corrected chi connectivity index (χ4v) is 2.81. The Bertz CT molecular complexity index is 614. The standard InChI is InChI=1S/C16H19BrN2OS/c1-16(2,21(18)20)10-14(12-6-4-3-5-7-12)15-9-8-13(17)11-19-15/h3-9,11,14H,10,18H2,1-2H3/t14-,21?/m0/s1. The maximum Gasteiger partial charge on any atom is 0.0945 e. The van der Waals surface area contributed by atoms with Gasteiger partial charge in [0.1, 0.15) is 0 Å². The van der Waals surface area contributed by atoms with E-state index in [1.54, 1.807) is 6.20 Å². The van der Waals surface area contributed by atoms with Crippen LogP contribution in [0.1, 0.15) is 37.4 Å². The van der Waals surface area contributed by atoms with Crippen molar-refractivity contribution < 1.29 is 4.21 Å². The van der Waals surface area contributed by atoms with E-state index in [-0.39, 0.29) is 5.92 Å². The maximum absolute atomic E-state index is 11.8. The third-order valence-electron chi connectivity index (χ3n) is 3.55. The number of benzene rings is 1. The van der Waals surface area contributed by atoms with E-state index >= 15 is 0 Å². The van der Waals surface area contributed by atoms with Gasteiger partial charge in [-0.05, 0) is 53.9 Å². The van der Waals surface area contributed by atoms with E-state index in [0.717, 1.165) is 15.7 Å². The van der Waals surface area contributed by atoms with Crippen LogP contribution in [0.2, 0.25) is 0 Å². The van der Waals surface area contributed by atoms with Gasteiger partial charge in [0.15, 0.2) is 0 Å². The first-order chi connectivity index (χ1) is 9.90. The molecule has 0 aliphatic carbocycles. The van der Waals surface area contributed by atoms with Gasteiger partial charge in [0, 0.05) is 22.3 Å². The summed E-state index contributed by atoms with van der Waals surface area (Å²) in [6.45, 7) is 3.86. The second-order valence-electron chi connectivity index (χ2n) is 5.63. The van der Waals surface area contributed by atoms with E-state index in [4.69, 9.17) is 5.14 Å². The van der Waals surface area contributed by atoms with Gasteiger partial charge in [-0.1, -0.05) is 30.3 Å². The highest BCUT2D eigenvalue weighted by molar-refractivity contribution is 9.10. The highest BCUT2D eigenvalue weighted by atomic mass is 79.9. The molecule has 1 heterocycles. The predicted molar refractivity (Wildman–Crippen MR) is 91.2 cm³/mol. The molecule has 2 rings (SSSR count). The Balaban J connectivity index is 2.40. The summed E-state index contributed by atoms with van der Waals surface area (Å²) < 4.78 is 12.2. The van der Waals surface area contributed by atoms with Crippen LogP contribution in [-0.4, -0.2) is 13.9 Å². The van der Waals surface area contributed by atoms with Crippen LogP contribution in [0.4, 0.5) is 0 Å². The molecule has 0 saturated heterocycles. The molecule has 2 N–H and O–H groups in total. The molecule has 1 aromatic carbocycles. The first kappa shape index (κ1) is 16.3. The summed E-state index contributed by atoms with van der Waals surface area (Å²) in [5, 5.41) is 5.64. The molecule has 0 radical (unpaired) electrons. The van der Waals surface area contributed by atoms with Gasteiger partial charge in [-0.25, -0.2) is 4.21 Å². The lowest BCUT2D eigenvalue weighted by molar-refractivity contribution is 0.550. The van der Waals surface area contributed by atoms with Crippen LogP contribution in [0.25, 0.3) is 0 Å². The summed E-state index contributed by atoms with van der Waals surface area (Å²) in [6, 6.07) is 14.1. The van der Waals surface area contributed by atoms with Crippen molar-refractivity contribution in [3.05, 3.63) is 64.4 Å². The Morgan fingerprint density at radius 1 is 1.24 bits per heavy atom. The normalized spacial score (nSPS) is 14.7. The van der Waals surface area contributed by atoms with Gasteiger partial charge in [-0.3, -0.25) is 10.1 Å². The van der Waals surface area contributed by atoms with Gasteiger partial charge in [0.2, 0.25) is 0 Å². The maximum atomic E-state index is 11.8. The van der Waals surface area contributed by atoms with Gasteiger partial charge < -0.3 is 0 Å². The quantitative estimate of drug-likeness (QED) is 0.875. The molecule has 0 bridgehead atoms. The molecular weight excluding hydrogens is 348 g/mol. The van der Waals surface area contributed by atoms with E-state index in [1.807, 2.05) is 44.2 Å². The van der Waals surface area contributed by atoms with E-state index < -0.39 is 15.7 Å². The van der Waals surface area contributed by atoms with Crippen LogP contribution in [0, 0.1) is 0 Å². The predicted octanol–water partition coefficient (Wildman–Crippen LogP) is 3.77. The highest BCUT2D eigenvalue weighted by Crippen LogP contribution is 2.33. The van der Waals surface area contributed by atoms with Gasteiger partial charge in [-0.2, -0.15) is 0 Å². The molecule has 3 nitrogen and oxygen atoms in total. The average molecular weight is 367 g/mol. The molecule has 5 heteroatoms. The van der Waals surface area contributed by atoms with Crippen LogP contribution in [-0.2, 0) is 11.0 Å². The summed E-state index contributed by atoms with van der Waals surface area (Å²) in [7, 11) is -1.39. The second-order valence-corrected chi connectivity index (χ2v) is 8.24. The fourth-order valence-electron chi connectivity index (χ4n) is 2.25. The number of aromatic nitrogens is 1. The Morgan fingerprint density at radius 3 is 2.43 bits per heavy atom. The summed E-state index contributed by atoms with van der Waals surface area (Å²) in [5.74, 6) is 0.0711. The molecule has 2 atom stereocenters. The van der Waals surface area contributed by atoms with Crippen molar-refractivity contribution >= 4 is 26.9 Å². The van der Waals surface area contributed by atoms with Gasteiger partial charge in [0.25, 0.3) is 0 Å². The third-order valence-corrected chi connectivity index (χ3v) is 5.27.